The normalized spacial score (nSPS) is 19.6. The average Bonchev–Trinajstić information content (AvgIpc) is 2.86. The lowest BCUT2D eigenvalue weighted by Crippen LogP contribution is -2.48. The molecule has 0 unspecified atom stereocenters. The fourth-order valence-corrected chi connectivity index (χ4v) is 5.25. The molecule has 2 fully saturated rings. The standard InChI is InChI=1S/C26H36FN5O3/c1-3-32-23(15-24(33)29(2)26(32)35)31-11-5-7-21(18-31)25(34)28-16-19-9-12-30(13-10-19)17-20-6-4-8-22(27)14-20/h4,6,8,14-15,19,21H,3,5,7,9-13,16-18H2,1-2H3,(H,28,34)/t21-/m0/s1. The molecular formula is C26H36FN5O3. The van der Waals surface area contributed by atoms with Crippen LogP contribution in [0.2, 0.25) is 0 Å². The van der Waals surface area contributed by atoms with Crippen molar-refractivity contribution in [2.24, 2.45) is 18.9 Å². The summed E-state index contributed by atoms with van der Waals surface area (Å²) in [5.74, 6) is 0.718. The van der Waals surface area contributed by atoms with Crippen LogP contribution in [0, 0.1) is 17.7 Å². The van der Waals surface area contributed by atoms with Gasteiger partial charge in [0.25, 0.3) is 5.56 Å². The molecule has 3 heterocycles. The third kappa shape index (κ3) is 6.01. The van der Waals surface area contributed by atoms with Gasteiger partial charge >= 0.3 is 5.69 Å². The molecule has 0 aliphatic carbocycles. The lowest BCUT2D eigenvalue weighted by atomic mass is 9.94. The number of piperidine rings is 2. The first kappa shape index (κ1) is 25.2. The maximum atomic E-state index is 13.4. The SMILES string of the molecule is CCn1c(N2CCC[C@H](C(=O)NCC3CCN(Cc4cccc(F)c4)CC3)C2)cc(=O)n(C)c1=O. The molecule has 0 spiro atoms. The van der Waals surface area contributed by atoms with Crippen LogP contribution in [0.5, 0.6) is 0 Å². The summed E-state index contributed by atoms with van der Waals surface area (Å²) in [4.78, 5) is 42.1. The zero-order chi connectivity index (χ0) is 24.9. The van der Waals surface area contributed by atoms with E-state index in [0.717, 1.165) is 62.0 Å². The van der Waals surface area contributed by atoms with Crippen LogP contribution in [0.15, 0.2) is 39.9 Å². The van der Waals surface area contributed by atoms with Gasteiger partial charge in [-0.05, 0) is 69.3 Å². The molecule has 0 saturated carbocycles. The largest absolute Gasteiger partial charge is 0.357 e. The number of anilines is 1. The minimum atomic E-state index is -0.329. The molecule has 2 saturated heterocycles. The molecule has 0 bridgehead atoms. The van der Waals surface area contributed by atoms with Crippen LogP contribution < -0.4 is 21.5 Å². The second-order valence-corrected chi connectivity index (χ2v) is 9.81. The summed E-state index contributed by atoms with van der Waals surface area (Å²) in [6, 6.07) is 8.26. The number of amides is 1. The molecule has 0 radical (unpaired) electrons. The number of likely N-dealkylation sites (tertiary alicyclic amines) is 1. The fourth-order valence-electron chi connectivity index (χ4n) is 5.25. The van der Waals surface area contributed by atoms with Crippen LogP contribution in [0.4, 0.5) is 10.2 Å². The van der Waals surface area contributed by atoms with Crippen LogP contribution in [0.1, 0.15) is 38.2 Å². The van der Waals surface area contributed by atoms with E-state index in [4.69, 9.17) is 0 Å². The zero-order valence-corrected chi connectivity index (χ0v) is 20.7. The molecule has 1 aromatic carbocycles. The molecule has 1 N–H and O–H groups in total. The van der Waals surface area contributed by atoms with Crippen LogP contribution >= 0.6 is 0 Å². The molecule has 8 nitrogen and oxygen atoms in total. The molecule has 1 amide bonds. The maximum absolute atomic E-state index is 13.4. The van der Waals surface area contributed by atoms with Gasteiger partial charge in [0.05, 0.1) is 5.92 Å². The Bertz CT molecular complexity index is 1150. The van der Waals surface area contributed by atoms with E-state index in [1.54, 1.807) is 16.7 Å². The highest BCUT2D eigenvalue weighted by Crippen LogP contribution is 2.23. The van der Waals surface area contributed by atoms with E-state index < -0.39 is 0 Å². The van der Waals surface area contributed by atoms with Crippen LogP contribution in [-0.2, 0) is 24.9 Å². The van der Waals surface area contributed by atoms with E-state index >= 15 is 0 Å². The topological polar surface area (TPSA) is 79.6 Å². The molecule has 9 heteroatoms. The van der Waals surface area contributed by atoms with Crippen molar-refractivity contribution in [1.29, 1.82) is 0 Å². The summed E-state index contributed by atoms with van der Waals surface area (Å²) in [5, 5.41) is 3.16. The summed E-state index contributed by atoms with van der Waals surface area (Å²) in [7, 11) is 1.49. The first-order chi connectivity index (χ1) is 16.9. The Morgan fingerprint density at radius 2 is 1.89 bits per heavy atom. The van der Waals surface area contributed by atoms with Gasteiger partial charge in [0.15, 0.2) is 0 Å². The Hall–Kier alpha value is -2.94. The highest BCUT2D eigenvalue weighted by molar-refractivity contribution is 5.79. The second kappa shape index (κ2) is 11.2. The minimum Gasteiger partial charge on any atom is -0.357 e. The third-order valence-corrected chi connectivity index (χ3v) is 7.38. The van der Waals surface area contributed by atoms with Gasteiger partial charge in [-0.15, -0.1) is 0 Å². The van der Waals surface area contributed by atoms with Gasteiger partial charge in [-0.1, -0.05) is 12.1 Å². The highest BCUT2D eigenvalue weighted by Gasteiger charge is 2.28. The van der Waals surface area contributed by atoms with Crippen molar-refractivity contribution in [2.75, 3.05) is 37.6 Å². The van der Waals surface area contributed by atoms with Crippen molar-refractivity contribution >= 4 is 11.7 Å². The van der Waals surface area contributed by atoms with E-state index in [0.29, 0.717) is 31.4 Å². The predicted octanol–water partition coefficient (Wildman–Crippen LogP) is 1.95. The molecule has 1 atom stereocenters. The number of carbonyl (C=O) groups is 1. The Kier molecular flexibility index (Phi) is 8.05. The van der Waals surface area contributed by atoms with Gasteiger partial charge in [0.2, 0.25) is 5.91 Å². The van der Waals surface area contributed by atoms with Gasteiger partial charge < -0.3 is 10.2 Å². The molecule has 2 aliphatic heterocycles. The predicted molar refractivity (Wildman–Crippen MR) is 134 cm³/mol. The maximum Gasteiger partial charge on any atom is 0.332 e. The lowest BCUT2D eigenvalue weighted by molar-refractivity contribution is -0.125. The summed E-state index contributed by atoms with van der Waals surface area (Å²) in [6.45, 7) is 6.86. The van der Waals surface area contributed by atoms with Crippen molar-refractivity contribution in [1.82, 2.24) is 19.4 Å². The van der Waals surface area contributed by atoms with Crippen molar-refractivity contribution in [2.45, 2.75) is 45.7 Å². The number of benzene rings is 1. The van der Waals surface area contributed by atoms with E-state index in [-0.39, 0.29) is 28.9 Å². The highest BCUT2D eigenvalue weighted by atomic mass is 19.1. The van der Waals surface area contributed by atoms with Gasteiger partial charge in [-0.3, -0.25) is 23.6 Å². The van der Waals surface area contributed by atoms with Crippen molar-refractivity contribution in [3.63, 3.8) is 0 Å². The summed E-state index contributed by atoms with van der Waals surface area (Å²) >= 11 is 0. The van der Waals surface area contributed by atoms with E-state index in [1.165, 1.54) is 19.2 Å². The molecule has 35 heavy (non-hydrogen) atoms. The molecule has 4 rings (SSSR count). The van der Waals surface area contributed by atoms with Gasteiger partial charge in [0.1, 0.15) is 11.6 Å². The summed E-state index contributed by atoms with van der Waals surface area (Å²) in [6.07, 6.45) is 3.64. The lowest BCUT2D eigenvalue weighted by Gasteiger charge is -2.35. The fraction of sp³-hybridized carbons (Fsp3) is 0.577. The number of hydrogen-bond donors (Lipinski definition) is 1. The average molecular weight is 486 g/mol. The number of nitrogens with zero attached hydrogens (tertiary/aromatic N) is 4. The number of carbonyl (C=O) groups excluding carboxylic acids is 1. The van der Waals surface area contributed by atoms with Crippen LogP contribution in [-0.4, -0.2) is 52.7 Å². The number of nitrogens with one attached hydrogen (secondary N) is 1. The van der Waals surface area contributed by atoms with E-state index in [9.17, 15) is 18.8 Å². The van der Waals surface area contributed by atoms with Crippen LogP contribution in [0.3, 0.4) is 0 Å². The smallest absolute Gasteiger partial charge is 0.332 e. The van der Waals surface area contributed by atoms with Crippen molar-refractivity contribution in [3.05, 3.63) is 62.6 Å². The number of rotatable bonds is 7. The second-order valence-electron chi connectivity index (χ2n) is 9.81. The molecule has 2 aromatic rings. The Balaban J connectivity index is 1.28. The molecular weight excluding hydrogens is 449 g/mol. The van der Waals surface area contributed by atoms with Crippen molar-refractivity contribution in [3.8, 4) is 0 Å². The van der Waals surface area contributed by atoms with Gasteiger partial charge in [-0.2, -0.15) is 0 Å². The summed E-state index contributed by atoms with van der Waals surface area (Å²) < 4.78 is 16.1. The Morgan fingerprint density at radius 3 is 2.60 bits per heavy atom. The van der Waals surface area contributed by atoms with Gasteiger partial charge in [0, 0.05) is 45.8 Å². The Morgan fingerprint density at radius 1 is 1.11 bits per heavy atom. The summed E-state index contributed by atoms with van der Waals surface area (Å²) in [5.41, 5.74) is 0.332. The van der Waals surface area contributed by atoms with Gasteiger partial charge in [-0.25, -0.2) is 9.18 Å². The quantitative estimate of drug-likeness (QED) is 0.649. The molecule has 1 aromatic heterocycles. The number of halogens is 1. The van der Waals surface area contributed by atoms with Crippen LogP contribution in [0.25, 0.3) is 0 Å². The zero-order valence-electron chi connectivity index (χ0n) is 20.7. The first-order valence-electron chi connectivity index (χ1n) is 12.7. The van der Waals surface area contributed by atoms with E-state index in [2.05, 4.69) is 10.2 Å². The van der Waals surface area contributed by atoms with E-state index in [1.807, 2.05) is 17.9 Å². The number of aromatic nitrogens is 2. The molecule has 2 aliphatic rings. The molecule has 190 valence electrons. The number of hydrogen-bond acceptors (Lipinski definition) is 5. The Labute approximate surface area is 205 Å². The first-order valence-corrected chi connectivity index (χ1v) is 12.7. The monoisotopic (exact) mass is 485 g/mol. The minimum absolute atomic E-state index is 0.0473. The third-order valence-electron chi connectivity index (χ3n) is 7.38. The van der Waals surface area contributed by atoms with Crippen molar-refractivity contribution < 1.29 is 9.18 Å².